The molecule has 0 aliphatic heterocycles. The summed E-state index contributed by atoms with van der Waals surface area (Å²) in [7, 11) is 0. The number of hydrogen-bond donors (Lipinski definition) is 2. The fourth-order valence-electron chi connectivity index (χ4n) is 2.91. The summed E-state index contributed by atoms with van der Waals surface area (Å²) in [5.74, 6) is -2.70. The first kappa shape index (κ1) is 19.0. The Morgan fingerprint density at radius 2 is 1.82 bits per heavy atom. The Kier molecular flexibility index (Phi) is 5.05. The highest BCUT2D eigenvalue weighted by molar-refractivity contribution is 6.02. The predicted molar refractivity (Wildman–Crippen MR) is 99.5 cm³/mol. The van der Waals surface area contributed by atoms with Crippen LogP contribution in [-0.2, 0) is 4.79 Å². The van der Waals surface area contributed by atoms with Gasteiger partial charge >= 0.3 is 5.97 Å². The van der Waals surface area contributed by atoms with E-state index in [9.17, 15) is 24.3 Å². The second-order valence-electron chi connectivity index (χ2n) is 6.31. The van der Waals surface area contributed by atoms with Crippen molar-refractivity contribution in [1.29, 1.82) is 5.26 Å². The molecule has 7 heteroatoms. The lowest BCUT2D eigenvalue weighted by atomic mass is 9.98. The van der Waals surface area contributed by atoms with Gasteiger partial charge in [0.15, 0.2) is 11.5 Å². The van der Waals surface area contributed by atoms with Crippen LogP contribution in [0.1, 0.15) is 34.5 Å². The molecule has 0 aliphatic carbocycles. The average molecular weight is 378 g/mol. The van der Waals surface area contributed by atoms with Crippen molar-refractivity contribution in [3.63, 3.8) is 0 Å². The molecule has 0 unspecified atom stereocenters. The lowest BCUT2D eigenvalue weighted by Gasteiger charge is -2.10. The molecule has 2 N–H and O–H groups in total. The Bertz CT molecular complexity index is 1170. The molecule has 28 heavy (non-hydrogen) atoms. The summed E-state index contributed by atoms with van der Waals surface area (Å²) in [4.78, 5) is 27.1. The van der Waals surface area contributed by atoms with Crippen LogP contribution in [0.5, 0.6) is 5.75 Å². The van der Waals surface area contributed by atoms with Crippen LogP contribution in [0.2, 0.25) is 0 Å². The van der Waals surface area contributed by atoms with E-state index in [1.165, 1.54) is 6.07 Å². The Labute approximate surface area is 159 Å². The molecule has 3 aromatic rings. The third-order valence-electron chi connectivity index (χ3n) is 4.39. The topological polar surface area (TPSA) is 111 Å². The van der Waals surface area contributed by atoms with Crippen LogP contribution in [0.4, 0.5) is 4.39 Å². The van der Waals surface area contributed by atoms with Gasteiger partial charge in [-0.3, -0.25) is 9.59 Å². The molecule has 0 amide bonds. The summed E-state index contributed by atoms with van der Waals surface area (Å²) >= 11 is 0. The molecule has 6 nitrogen and oxygen atoms in total. The number of carbonyl (C=O) groups excluding carboxylic acids is 1. The van der Waals surface area contributed by atoms with Gasteiger partial charge in [0.25, 0.3) is 0 Å². The third-order valence-corrected chi connectivity index (χ3v) is 4.39. The molecule has 0 bridgehead atoms. The normalized spacial score (nSPS) is 10.6. The van der Waals surface area contributed by atoms with Crippen molar-refractivity contribution in [2.24, 2.45) is 0 Å². The Hall–Kier alpha value is -3.79. The van der Waals surface area contributed by atoms with Gasteiger partial charge in [-0.25, -0.2) is 9.37 Å². The summed E-state index contributed by atoms with van der Waals surface area (Å²) in [6.45, 7) is 1.64. The first-order valence-electron chi connectivity index (χ1n) is 8.40. The van der Waals surface area contributed by atoms with Crippen molar-refractivity contribution < 1.29 is 24.2 Å². The lowest BCUT2D eigenvalue weighted by molar-refractivity contribution is -0.136. The number of rotatable bonds is 5. The number of carbonyl (C=O) groups is 2. The van der Waals surface area contributed by atoms with E-state index in [0.29, 0.717) is 22.0 Å². The standard InChI is InChI=1S/C21H15FN2O4/c1-11-8-12(3-5-16(11)22)13-2-4-14-15(10-23)21(28)20(24-17(14)9-13)18(25)6-7-19(26)27/h2-5,8-9,28H,6-7H2,1H3,(H,26,27). The summed E-state index contributed by atoms with van der Waals surface area (Å²) in [5.41, 5.74) is 1.75. The van der Waals surface area contributed by atoms with Crippen molar-refractivity contribution >= 4 is 22.7 Å². The number of carboxylic acid groups (broad SMARTS) is 1. The average Bonchev–Trinajstić information content (AvgIpc) is 2.67. The highest BCUT2D eigenvalue weighted by atomic mass is 19.1. The zero-order chi connectivity index (χ0) is 20.4. The minimum Gasteiger partial charge on any atom is -0.504 e. The monoisotopic (exact) mass is 378 g/mol. The van der Waals surface area contributed by atoms with Gasteiger partial charge in [-0.15, -0.1) is 0 Å². The van der Waals surface area contributed by atoms with Crippen LogP contribution in [-0.4, -0.2) is 26.9 Å². The second kappa shape index (κ2) is 7.45. The number of hydrogen-bond acceptors (Lipinski definition) is 5. The van der Waals surface area contributed by atoms with Gasteiger partial charge in [0.05, 0.1) is 11.9 Å². The quantitative estimate of drug-likeness (QED) is 0.650. The van der Waals surface area contributed by atoms with E-state index in [4.69, 9.17) is 5.11 Å². The van der Waals surface area contributed by atoms with Crippen molar-refractivity contribution in [3.05, 3.63) is 59.0 Å². The van der Waals surface area contributed by atoms with Crippen LogP contribution in [0, 0.1) is 24.1 Å². The number of nitriles is 1. The Morgan fingerprint density at radius 1 is 1.14 bits per heavy atom. The number of Topliss-reactive ketones (excluding diaryl/α,β-unsaturated/α-hetero) is 1. The molecule has 0 atom stereocenters. The molecule has 140 valence electrons. The van der Waals surface area contributed by atoms with E-state index in [1.54, 1.807) is 37.3 Å². The SMILES string of the molecule is Cc1cc(-c2ccc3c(C#N)c(O)c(C(=O)CCC(=O)O)nc3c2)ccc1F. The van der Waals surface area contributed by atoms with Crippen molar-refractivity contribution in [3.8, 4) is 22.9 Å². The number of benzene rings is 2. The maximum Gasteiger partial charge on any atom is 0.303 e. The van der Waals surface area contributed by atoms with Crippen LogP contribution >= 0.6 is 0 Å². The molecular weight excluding hydrogens is 363 g/mol. The number of aromatic hydroxyl groups is 1. The highest BCUT2D eigenvalue weighted by Gasteiger charge is 2.21. The summed E-state index contributed by atoms with van der Waals surface area (Å²) in [6.07, 6.45) is -0.752. The minimum atomic E-state index is -1.15. The number of halogens is 1. The maximum absolute atomic E-state index is 13.5. The number of aryl methyl sites for hydroxylation is 1. The number of carboxylic acids is 1. The third kappa shape index (κ3) is 3.53. The van der Waals surface area contributed by atoms with Gasteiger partial charge in [-0.1, -0.05) is 18.2 Å². The number of nitrogens with zero attached hydrogens (tertiary/aromatic N) is 2. The van der Waals surface area contributed by atoms with Crippen molar-refractivity contribution in [2.45, 2.75) is 19.8 Å². The highest BCUT2D eigenvalue weighted by Crippen LogP contribution is 2.32. The van der Waals surface area contributed by atoms with Gasteiger partial charge < -0.3 is 10.2 Å². The molecule has 0 saturated heterocycles. The largest absolute Gasteiger partial charge is 0.504 e. The molecule has 0 aliphatic rings. The summed E-state index contributed by atoms with van der Waals surface area (Å²) < 4.78 is 13.5. The van der Waals surface area contributed by atoms with E-state index in [-0.39, 0.29) is 23.5 Å². The maximum atomic E-state index is 13.5. The van der Waals surface area contributed by atoms with Crippen LogP contribution in [0.15, 0.2) is 36.4 Å². The zero-order valence-corrected chi connectivity index (χ0v) is 14.9. The van der Waals surface area contributed by atoms with E-state index in [2.05, 4.69) is 4.98 Å². The van der Waals surface area contributed by atoms with Crippen molar-refractivity contribution in [1.82, 2.24) is 4.98 Å². The molecular formula is C21H15FN2O4. The Balaban J connectivity index is 2.15. The van der Waals surface area contributed by atoms with Crippen molar-refractivity contribution in [2.75, 3.05) is 0 Å². The number of pyridine rings is 1. The van der Waals surface area contributed by atoms with Crippen LogP contribution in [0.25, 0.3) is 22.0 Å². The van der Waals surface area contributed by atoms with Gasteiger partial charge in [-0.2, -0.15) is 5.26 Å². The summed E-state index contributed by atoms with van der Waals surface area (Å²) in [6, 6.07) is 11.4. The van der Waals surface area contributed by atoms with Gasteiger partial charge in [0.1, 0.15) is 23.1 Å². The molecule has 1 aromatic heterocycles. The van der Waals surface area contributed by atoms with Gasteiger partial charge in [0.2, 0.25) is 0 Å². The fourth-order valence-corrected chi connectivity index (χ4v) is 2.91. The van der Waals surface area contributed by atoms with E-state index in [0.717, 1.165) is 5.56 Å². The molecule has 1 heterocycles. The molecule has 2 aromatic carbocycles. The van der Waals surface area contributed by atoms with Gasteiger partial charge in [-0.05, 0) is 41.8 Å². The van der Waals surface area contributed by atoms with E-state index >= 15 is 0 Å². The number of aromatic nitrogens is 1. The molecule has 3 rings (SSSR count). The molecule has 0 saturated carbocycles. The zero-order valence-electron chi connectivity index (χ0n) is 14.9. The number of fused-ring (bicyclic) bond motifs is 1. The predicted octanol–water partition coefficient (Wildman–Crippen LogP) is 3.97. The first-order chi connectivity index (χ1) is 13.3. The fraction of sp³-hybridized carbons (Fsp3) is 0.143. The second-order valence-corrected chi connectivity index (χ2v) is 6.31. The Morgan fingerprint density at radius 3 is 2.46 bits per heavy atom. The first-order valence-corrected chi connectivity index (χ1v) is 8.40. The van der Waals surface area contributed by atoms with Crippen LogP contribution < -0.4 is 0 Å². The minimum absolute atomic E-state index is 0.106. The van der Waals surface area contributed by atoms with E-state index < -0.39 is 23.9 Å². The van der Waals surface area contributed by atoms with Crippen LogP contribution in [0.3, 0.4) is 0 Å². The van der Waals surface area contributed by atoms with E-state index in [1.807, 2.05) is 6.07 Å². The smallest absolute Gasteiger partial charge is 0.303 e. The molecule has 0 spiro atoms. The van der Waals surface area contributed by atoms with Gasteiger partial charge in [0, 0.05) is 11.8 Å². The summed E-state index contributed by atoms with van der Waals surface area (Å²) in [5, 5.41) is 28.8. The number of ketones is 1. The lowest BCUT2D eigenvalue weighted by Crippen LogP contribution is -2.07. The molecule has 0 radical (unpaired) electrons. The number of aliphatic carboxylic acids is 1. The molecule has 0 fully saturated rings.